The van der Waals surface area contributed by atoms with Gasteiger partial charge in [-0.1, -0.05) is 36.4 Å². The van der Waals surface area contributed by atoms with Crippen LogP contribution in [0.4, 0.5) is 5.69 Å². The summed E-state index contributed by atoms with van der Waals surface area (Å²) in [6.07, 6.45) is 5.41. The average Bonchev–Trinajstić information content (AvgIpc) is 3.08. The Balaban J connectivity index is 1.55. The number of hydrogen-bond acceptors (Lipinski definition) is 3. The molecule has 0 bridgehead atoms. The number of fused-ring (bicyclic) bond motifs is 2. The zero-order valence-electron chi connectivity index (χ0n) is 17.3. The fraction of sp³-hybridized carbons (Fsp3) is 0.400. The maximum Gasteiger partial charge on any atom is 0.227 e. The second kappa shape index (κ2) is 8.42. The summed E-state index contributed by atoms with van der Waals surface area (Å²) in [6, 6.07) is 16.5. The van der Waals surface area contributed by atoms with Gasteiger partial charge < -0.3 is 9.64 Å². The van der Waals surface area contributed by atoms with E-state index in [2.05, 4.69) is 35.7 Å². The average molecular weight is 391 g/mol. The first-order chi connectivity index (χ1) is 14.1. The Kier molecular flexibility index (Phi) is 5.72. The van der Waals surface area contributed by atoms with E-state index in [4.69, 9.17) is 4.74 Å². The number of carbonyl (C=O) groups is 1. The molecule has 0 aliphatic carbocycles. The molecule has 2 aliphatic rings. The van der Waals surface area contributed by atoms with Crippen molar-refractivity contribution in [3.05, 3.63) is 72.3 Å². The number of methoxy groups -OCH3 is 1. The smallest absolute Gasteiger partial charge is 0.227 e. The van der Waals surface area contributed by atoms with Gasteiger partial charge in [0.1, 0.15) is 5.75 Å². The van der Waals surface area contributed by atoms with Crippen molar-refractivity contribution in [1.82, 2.24) is 4.90 Å². The van der Waals surface area contributed by atoms with Crippen LogP contribution < -0.4 is 9.64 Å². The standard InChI is InChI=1S/C25H30N2O2/c1-3-15-26-16-13-25(14-17-26)19-27(23-11-10-21(29-2)18-22(23)25)24(28)12-9-20-7-5-4-6-8-20/h3-8,10-11,18H,1,9,12-17,19H2,2H3. The van der Waals surface area contributed by atoms with Crippen molar-refractivity contribution in [1.29, 1.82) is 0 Å². The minimum absolute atomic E-state index is 0.0317. The molecule has 2 heterocycles. The minimum Gasteiger partial charge on any atom is -0.497 e. The summed E-state index contributed by atoms with van der Waals surface area (Å²) in [5.41, 5.74) is 3.59. The zero-order valence-corrected chi connectivity index (χ0v) is 17.3. The van der Waals surface area contributed by atoms with E-state index in [1.54, 1.807) is 7.11 Å². The van der Waals surface area contributed by atoms with E-state index < -0.39 is 0 Å². The number of aryl methyl sites for hydroxylation is 1. The molecule has 1 fully saturated rings. The molecular formula is C25H30N2O2. The molecule has 152 valence electrons. The summed E-state index contributed by atoms with van der Waals surface area (Å²) in [4.78, 5) is 17.7. The van der Waals surface area contributed by atoms with Gasteiger partial charge in [0.15, 0.2) is 0 Å². The molecule has 0 unspecified atom stereocenters. The highest BCUT2D eigenvalue weighted by Crippen LogP contribution is 2.48. The molecule has 4 nitrogen and oxygen atoms in total. The molecule has 1 saturated heterocycles. The van der Waals surface area contributed by atoms with Gasteiger partial charge in [-0.15, -0.1) is 6.58 Å². The summed E-state index contributed by atoms with van der Waals surface area (Å²) < 4.78 is 5.51. The minimum atomic E-state index is 0.0317. The highest BCUT2D eigenvalue weighted by atomic mass is 16.5. The molecule has 2 aromatic carbocycles. The summed E-state index contributed by atoms with van der Waals surface area (Å²) in [7, 11) is 1.71. The van der Waals surface area contributed by atoms with Crippen LogP contribution in [0.1, 0.15) is 30.4 Å². The van der Waals surface area contributed by atoms with Crippen LogP contribution in [-0.4, -0.2) is 44.1 Å². The van der Waals surface area contributed by atoms with Crippen LogP contribution in [0.2, 0.25) is 0 Å². The lowest BCUT2D eigenvalue weighted by molar-refractivity contribution is -0.118. The second-order valence-corrected chi connectivity index (χ2v) is 8.22. The van der Waals surface area contributed by atoms with Crippen molar-refractivity contribution in [2.24, 2.45) is 0 Å². The summed E-state index contributed by atoms with van der Waals surface area (Å²) in [5.74, 6) is 1.08. The maximum absolute atomic E-state index is 13.2. The highest BCUT2D eigenvalue weighted by molar-refractivity contribution is 5.96. The first-order valence-corrected chi connectivity index (χ1v) is 10.5. The van der Waals surface area contributed by atoms with Crippen LogP contribution >= 0.6 is 0 Å². The number of carbonyl (C=O) groups excluding carboxylic acids is 1. The van der Waals surface area contributed by atoms with E-state index in [0.29, 0.717) is 6.42 Å². The van der Waals surface area contributed by atoms with Gasteiger partial charge in [0.25, 0.3) is 0 Å². The van der Waals surface area contributed by atoms with Gasteiger partial charge in [-0.25, -0.2) is 0 Å². The Hall–Kier alpha value is -2.59. The van der Waals surface area contributed by atoms with E-state index in [1.165, 1.54) is 11.1 Å². The van der Waals surface area contributed by atoms with Crippen molar-refractivity contribution in [3.8, 4) is 5.75 Å². The van der Waals surface area contributed by atoms with Crippen LogP contribution in [0, 0.1) is 0 Å². The number of benzene rings is 2. The Morgan fingerprint density at radius 2 is 1.93 bits per heavy atom. The predicted octanol–water partition coefficient (Wildman–Crippen LogP) is 4.19. The third-order valence-corrected chi connectivity index (χ3v) is 6.50. The monoisotopic (exact) mass is 390 g/mol. The van der Waals surface area contributed by atoms with Crippen molar-refractivity contribution in [2.45, 2.75) is 31.1 Å². The van der Waals surface area contributed by atoms with Crippen molar-refractivity contribution < 1.29 is 9.53 Å². The lowest BCUT2D eigenvalue weighted by Crippen LogP contribution is -2.46. The molecular weight excluding hydrogens is 360 g/mol. The number of rotatable bonds is 6. The number of amides is 1. The van der Waals surface area contributed by atoms with Gasteiger partial charge in [-0.3, -0.25) is 9.69 Å². The Labute approximate surface area is 173 Å². The van der Waals surface area contributed by atoms with E-state index in [1.807, 2.05) is 35.2 Å². The molecule has 0 aromatic heterocycles. The van der Waals surface area contributed by atoms with Gasteiger partial charge in [0.2, 0.25) is 5.91 Å². The van der Waals surface area contributed by atoms with Gasteiger partial charge in [-0.2, -0.15) is 0 Å². The molecule has 4 heteroatoms. The first kappa shape index (κ1) is 19.7. The van der Waals surface area contributed by atoms with E-state index in [0.717, 1.165) is 56.9 Å². The van der Waals surface area contributed by atoms with Crippen LogP contribution in [0.15, 0.2) is 61.2 Å². The molecule has 0 radical (unpaired) electrons. The molecule has 0 N–H and O–H groups in total. The fourth-order valence-corrected chi connectivity index (χ4v) is 4.80. The molecule has 0 saturated carbocycles. The van der Waals surface area contributed by atoms with Gasteiger partial charge in [-0.05, 0) is 61.7 Å². The van der Waals surface area contributed by atoms with Gasteiger partial charge in [0.05, 0.1) is 7.11 Å². The van der Waals surface area contributed by atoms with Crippen molar-refractivity contribution in [3.63, 3.8) is 0 Å². The van der Waals surface area contributed by atoms with E-state index in [-0.39, 0.29) is 11.3 Å². The molecule has 4 rings (SSSR count). The Bertz CT molecular complexity index is 870. The molecule has 29 heavy (non-hydrogen) atoms. The first-order valence-electron chi connectivity index (χ1n) is 10.5. The fourth-order valence-electron chi connectivity index (χ4n) is 4.80. The topological polar surface area (TPSA) is 32.8 Å². The van der Waals surface area contributed by atoms with Gasteiger partial charge in [0, 0.05) is 30.6 Å². The van der Waals surface area contributed by atoms with Crippen LogP contribution in [0.3, 0.4) is 0 Å². The number of ether oxygens (including phenoxy) is 1. The lowest BCUT2D eigenvalue weighted by atomic mass is 9.74. The molecule has 2 aromatic rings. The number of likely N-dealkylation sites (tertiary alicyclic amines) is 1. The predicted molar refractivity (Wildman–Crippen MR) is 118 cm³/mol. The van der Waals surface area contributed by atoms with Crippen LogP contribution in [0.25, 0.3) is 0 Å². The molecule has 2 aliphatic heterocycles. The summed E-state index contributed by atoms with van der Waals surface area (Å²) >= 11 is 0. The van der Waals surface area contributed by atoms with Crippen LogP contribution in [-0.2, 0) is 16.6 Å². The molecule has 0 atom stereocenters. The maximum atomic E-state index is 13.2. The lowest BCUT2D eigenvalue weighted by Gasteiger charge is -2.39. The van der Waals surface area contributed by atoms with Crippen LogP contribution in [0.5, 0.6) is 5.75 Å². The normalized spacial score (nSPS) is 17.9. The van der Waals surface area contributed by atoms with E-state index >= 15 is 0 Å². The number of anilines is 1. The SMILES string of the molecule is C=CCN1CCC2(CC1)CN(C(=O)CCc1ccccc1)c1ccc(OC)cc12. The third-order valence-electron chi connectivity index (χ3n) is 6.50. The van der Waals surface area contributed by atoms with Crippen molar-refractivity contribution >= 4 is 11.6 Å². The summed E-state index contributed by atoms with van der Waals surface area (Å²) in [6.45, 7) is 7.66. The molecule has 1 spiro atoms. The number of nitrogens with zero attached hydrogens (tertiary/aromatic N) is 2. The number of hydrogen-bond donors (Lipinski definition) is 0. The zero-order chi connectivity index (χ0) is 20.3. The largest absolute Gasteiger partial charge is 0.497 e. The number of piperidine rings is 1. The van der Waals surface area contributed by atoms with E-state index in [9.17, 15) is 4.79 Å². The van der Waals surface area contributed by atoms with Crippen molar-refractivity contribution in [2.75, 3.05) is 38.2 Å². The van der Waals surface area contributed by atoms with Gasteiger partial charge >= 0.3 is 0 Å². The highest BCUT2D eigenvalue weighted by Gasteiger charge is 2.46. The summed E-state index contributed by atoms with van der Waals surface area (Å²) in [5, 5.41) is 0. The Morgan fingerprint density at radius 3 is 2.62 bits per heavy atom. The Morgan fingerprint density at radius 1 is 1.17 bits per heavy atom. The second-order valence-electron chi connectivity index (χ2n) is 8.22. The quantitative estimate of drug-likeness (QED) is 0.693. The molecule has 1 amide bonds. The third kappa shape index (κ3) is 3.95.